The molecule has 0 spiro atoms. The van der Waals surface area contributed by atoms with Crippen LogP contribution in [0.25, 0.3) is 0 Å². The van der Waals surface area contributed by atoms with E-state index in [1.807, 2.05) is 6.07 Å². The second-order valence-electron chi connectivity index (χ2n) is 4.38. The van der Waals surface area contributed by atoms with Crippen molar-refractivity contribution < 1.29 is 14.3 Å². The molecule has 0 fully saturated rings. The van der Waals surface area contributed by atoms with Crippen LogP contribution < -0.4 is 11.1 Å². The highest BCUT2D eigenvalue weighted by Crippen LogP contribution is 2.20. The van der Waals surface area contributed by atoms with Crippen molar-refractivity contribution in [2.75, 3.05) is 0 Å². The second-order valence-corrected chi connectivity index (χ2v) is 4.85. The first-order valence-electron chi connectivity index (χ1n) is 6.12. The van der Waals surface area contributed by atoms with Gasteiger partial charge in [0.2, 0.25) is 0 Å². The Morgan fingerprint density at radius 3 is 2.52 bits per heavy atom. The Bertz CT molecular complexity index is 677. The molecule has 4 N–H and O–H groups in total. The van der Waals surface area contributed by atoms with Crippen LogP contribution in [0.5, 0.6) is 5.75 Å². The highest BCUT2D eigenvalue weighted by atomic mass is 32.1. The Hall–Kier alpha value is -2.47. The van der Waals surface area contributed by atoms with Gasteiger partial charge in [-0.25, -0.2) is 4.39 Å². The van der Waals surface area contributed by atoms with Crippen LogP contribution >= 0.6 is 12.2 Å². The number of phenols is 1. The number of carbonyl (C=O) groups is 1. The van der Waals surface area contributed by atoms with Crippen LogP contribution in [-0.4, -0.2) is 16.0 Å². The number of hydrogen-bond donors (Lipinski definition) is 3. The summed E-state index contributed by atoms with van der Waals surface area (Å²) in [6.07, 6.45) is 0. The standard InChI is InChI=1S/C15H13FN2O2S/c16-10-6-7-12(19)11(8-10)15(20)18-13(14(17)21)9-4-2-1-3-5-9/h1-8,13,19H,(H2,17,21)(H,18,20). The lowest BCUT2D eigenvalue weighted by Crippen LogP contribution is -2.36. The molecule has 6 heteroatoms. The van der Waals surface area contributed by atoms with Gasteiger partial charge in [0.15, 0.2) is 0 Å². The monoisotopic (exact) mass is 304 g/mol. The molecule has 0 aliphatic heterocycles. The Labute approximate surface area is 126 Å². The lowest BCUT2D eigenvalue weighted by atomic mass is 10.1. The summed E-state index contributed by atoms with van der Waals surface area (Å²) in [6, 6.07) is 11.3. The molecule has 0 aliphatic rings. The minimum absolute atomic E-state index is 0.0745. The highest BCUT2D eigenvalue weighted by molar-refractivity contribution is 7.80. The average molecular weight is 304 g/mol. The summed E-state index contributed by atoms with van der Waals surface area (Å²) in [6.45, 7) is 0. The van der Waals surface area contributed by atoms with Gasteiger partial charge in [0, 0.05) is 0 Å². The third-order valence-electron chi connectivity index (χ3n) is 2.90. The number of halogens is 1. The number of hydrogen-bond acceptors (Lipinski definition) is 3. The van der Waals surface area contributed by atoms with Gasteiger partial charge in [0.1, 0.15) is 22.6 Å². The predicted molar refractivity (Wildman–Crippen MR) is 81.5 cm³/mol. The largest absolute Gasteiger partial charge is 0.507 e. The molecule has 0 radical (unpaired) electrons. The fourth-order valence-corrected chi connectivity index (χ4v) is 2.06. The van der Waals surface area contributed by atoms with E-state index in [9.17, 15) is 14.3 Å². The first-order chi connectivity index (χ1) is 9.99. The minimum atomic E-state index is -0.698. The average Bonchev–Trinajstić information content (AvgIpc) is 2.47. The maximum absolute atomic E-state index is 13.2. The van der Waals surface area contributed by atoms with Gasteiger partial charge in [0.25, 0.3) is 5.91 Å². The number of benzene rings is 2. The number of rotatable bonds is 4. The molecular formula is C15H13FN2O2S. The van der Waals surface area contributed by atoms with Crippen LogP contribution in [0.1, 0.15) is 22.0 Å². The maximum Gasteiger partial charge on any atom is 0.255 e. The van der Waals surface area contributed by atoms with Gasteiger partial charge in [-0.05, 0) is 23.8 Å². The molecule has 0 bridgehead atoms. The number of amides is 1. The van der Waals surface area contributed by atoms with Crippen LogP contribution in [-0.2, 0) is 0 Å². The third-order valence-corrected chi connectivity index (χ3v) is 3.13. The van der Waals surface area contributed by atoms with Crippen molar-refractivity contribution in [1.29, 1.82) is 0 Å². The molecule has 21 heavy (non-hydrogen) atoms. The molecule has 108 valence electrons. The Balaban J connectivity index is 2.27. The number of phenolic OH excluding ortho intramolecular Hbond substituents is 1. The molecular weight excluding hydrogens is 291 g/mol. The van der Waals surface area contributed by atoms with E-state index in [1.165, 1.54) is 0 Å². The van der Waals surface area contributed by atoms with E-state index in [0.29, 0.717) is 5.56 Å². The maximum atomic E-state index is 13.2. The Morgan fingerprint density at radius 1 is 1.24 bits per heavy atom. The van der Waals surface area contributed by atoms with E-state index >= 15 is 0 Å². The summed E-state index contributed by atoms with van der Waals surface area (Å²) < 4.78 is 13.2. The van der Waals surface area contributed by atoms with Crippen molar-refractivity contribution in [3.05, 3.63) is 65.5 Å². The normalized spacial score (nSPS) is 11.7. The molecule has 0 aromatic heterocycles. The first kappa shape index (κ1) is 14.9. The molecule has 1 atom stereocenters. The molecule has 0 heterocycles. The fourth-order valence-electron chi connectivity index (χ4n) is 1.86. The first-order valence-corrected chi connectivity index (χ1v) is 6.53. The molecule has 2 aromatic rings. The van der Waals surface area contributed by atoms with Crippen molar-refractivity contribution in [2.45, 2.75) is 6.04 Å². The predicted octanol–water partition coefficient (Wildman–Crippen LogP) is 2.29. The van der Waals surface area contributed by atoms with E-state index in [4.69, 9.17) is 18.0 Å². The van der Waals surface area contributed by atoms with Gasteiger partial charge >= 0.3 is 0 Å². The van der Waals surface area contributed by atoms with Crippen molar-refractivity contribution in [3.8, 4) is 5.75 Å². The van der Waals surface area contributed by atoms with E-state index in [-0.39, 0.29) is 16.3 Å². The van der Waals surface area contributed by atoms with E-state index in [2.05, 4.69) is 5.32 Å². The van der Waals surface area contributed by atoms with Crippen molar-refractivity contribution in [2.24, 2.45) is 5.73 Å². The van der Waals surface area contributed by atoms with Gasteiger partial charge in [-0.1, -0.05) is 42.5 Å². The topological polar surface area (TPSA) is 75.3 Å². The summed E-state index contributed by atoms with van der Waals surface area (Å²) in [5.41, 5.74) is 6.17. The highest BCUT2D eigenvalue weighted by Gasteiger charge is 2.20. The summed E-state index contributed by atoms with van der Waals surface area (Å²) >= 11 is 4.95. The molecule has 0 aliphatic carbocycles. The molecule has 2 rings (SSSR count). The molecule has 2 aromatic carbocycles. The summed E-state index contributed by atoms with van der Waals surface area (Å²) in [5, 5.41) is 12.2. The smallest absolute Gasteiger partial charge is 0.255 e. The van der Waals surface area contributed by atoms with Crippen molar-refractivity contribution >= 4 is 23.1 Å². The van der Waals surface area contributed by atoms with Crippen LogP contribution in [0.3, 0.4) is 0 Å². The molecule has 1 amide bonds. The van der Waals surface area contributed by atoms with Crippen LogP contribution in [0.2, 0.25) is 0 Å². The zero-order valence-electron chi connectivity index (χ0n) is 10.9. The molecule has 0 saturated carbocycles. The van der Waals surface area contributed by atoms with Gasteiger partial charge in [0.05, 0.1) is 5.56 Å². The number of aromatic hydroxyl groups is 1. The van der Waals surface area contributed by atoms with Gasteiger partial charge < -0.3 is 16.2 Å². The van der Waals surface area contributed by atoms with E-state index in [0.717, 1.165) is 18.2 Å². The zero-order chi connectivity index (χ0) is 15.4. The van der Waals surface area contributed by atoms with E-state index < -0.39 is 17.8 Å². The quantitative estimate of drug-likeness (QED) is 0.758. The number of nitrogens with one attached hydrogen (secondary N) is 1. The number of carbonyl (C=O) groups excluding carboxylic acids is 1. The van der Waals surface area contributed by atoms with Crippen LogP contribution in [0.4, 0.5) is 4.39 Å². The molecule has 0 saturated heterocycles. The fraction of sp³-hybridized carbons (Fsp3) is 0.0667. The zero-order valence-corrected chi connectivity index (χ0v) is 11.7. The Kier molecular flexibility index (Phi) is 4.49. The van der Waals surface area contributed by atoms with Crippen LogP contribution in [0, 0.1) is 5.82 Å². The molecule has 4 nitrogen and oxygen atoms in total. The minimum Gasteiger partial charge on any atom is -0.507 e. The summed E-state index contributed by atoms with van der Waals surface area (Å²) in [5.74, 6) is -1.60. The number of nitrogens with two attached hydrogens (primary N) is 1. The van der Waals surface area contributed by atoms with Gasteiger partial charge in [-0.15, -0.1) is 0 Å². The molecule has 1 unspecified atom stereocenters. The van der Waals surface area contributed by atoms with Gasteiger partial charge in [-0.3, -0.25) is 4.79 Å². The lowest BCUT2D eigenvalue weighted by Gasteiger charge is -2.18. The Morgan fingerprint density at radius 2 is 1.90 bits per heavy atom. The van der Waals surface area contributed by atoms with Crippen molar-refractivity contribution in [1.82, 2.24) is 5.32 Å². The third kappa shape index (κ3) is 3.55. The van der Waals surface area contributed by atoms with E-state index in [1.54, 1.807) is 24.3 Å². The summed E-state index contributed by atoms with van der Waals surface area (Å²) in [7, 11) is 0. The van der Waals surface area contributed by atoms with Crippen molar-refractivity contribution in [3.63, 3.8) is 0 Å². The van der Waals surface area contributed by atoms with Gasteiger partial charge in [-0.2, -0.15) is 0 Å². The lowest BCUT2D eigenvalue weighted by molar-refractivity contribution is 0.0943. The van der Waals surface area contributed by atoms with Crippen LogP contribution in [0.15, 0.2) is 48.5 Å². The SMILES string of the molecule is NC(=S)C(NC(=O)c1cc(F)ccc1O)c1ccccc1. The second kappa shape index (κ2) is 6.32. The summed E-state index contributed by atoms with van der Waals surface area (Å²) in [4.78, 5) is 12.2. The number of thiocarbonyl (C=S) groups is 1.